The van der Waals surface area contributed by atoms with Gasteiger partial charge in [-0.3, -0.25) is 4.90 Å². The predicted octanol–water partition coefficient (Wildman–Crippen LogP) is 2.66. The quantitative estimate of drug-likeness (QED) is 0.611. The van der Waals surface area contributed by atoms with Crippen LogP contribution in [-0.2, 0) is 0 Å². The van der Waals surface area contributed by atoms with Gasteiger partial charge in [0, 0.05) is 0 Å². The monoisotopic (exact) mass is 182 g/mol. The molecule has 0 amide bonds. The van der Waals surface area contributed by atoms with Crippen LogP contribution in [0.4, 0.5) is 0 Å². The number of hydrogen-bond acceptors (Lipinski definition) is 2. The van der Waals surface area contributed by atoms with Crippen LogP contribution in [0.5, 0.6) is 0 Å². The maximum absolute atomic E-state index is 8.60. The predicted molar refractivity (Wildman–Crippen MR) is 56.4 cm³/mol. The van der Waals surface area contributed by atoms with Crippen LogP contribution in [0.3, 0.4) is 0 Å². The largest absolute Gasteiger partial charge is 0.291 e. The summed E-state index contributed by atoms with van der Waals surface area (Å²) in [4.78, 5) is 2.23. The first-order valence-electron chi connectivity index (χ1n) is 5.09. The van der Waals surface area contributed by atoms with Crippen molar-refractivity contribution >= 4 is 0 Å². The van der Waals surface area contributed by atoms with Gasteiger partial charge in [-0.15, -0.1) is 0 Å². The van der Waals surface area contributed by atoms with Gasteiger partial charge in [0.05, 0.1) is 12.6 Å². The van der Waals surface area contributed by atoms with Crippen molar-refractivity contribution < 1.29 is 0 Å². The summed E-state index contributed by atoms with van der Waals surface area (Å²) in [5, 5.41) is 8.60. The molecule has 76 valence electrons. The van der Waals surface area contributed by atoms with Crippen molar-refractivity contribution in [2.45, 2.75) is 40.5 Å². The van der Waals surface area contributed by atoms with Crippen LogP contribution in [0, 0.1) is 16.7 Å². The summed E-state index contributed by atoms with van der Waals surface area (Å²) in [6.07, 6.45) is 2.29. The van der Waals surface area contributed by atoms with Crippen molar-refractivity contribution in [3.8, 4) is 6.07 Å². The second kappa shape index (κ2) is 5.99. The van der Waals surface area contributed by atoms with Crippen LogP contribution < -0.4 is 0 Å². The average molecular weight is 182 g/mol. The summed E-state index contributed by atoms with van der Waals surface area (Å²) in [6.45, 7) is 11.5. The third-order valence-electron chi connectivity index (χ3n) is 2.01. The van der Waals surface area contributed by atoms with Gasteiger partial charge in [0.2, 0.25) is 0 Å². The Morgan fingerprint density at radius 2 is 1.85 bits per heavy atom. The molecular weight excluding hydrogens is 160 g/mol. The summed E-state index contributed by atoms with van der Waals surface area (Å²) < 4.78 is 0. The molecule has 0 bridgehead atoms. The van der Waals surface area contributed by atoms with Crippen LogP contribution in [0.1, 0.15) is 40.5 Å². The van der Waals surface area contributed by atoms with E-state index in [0.717, 1.165) is 25.9 Å². The average Bonchev–Trinajstić information content (AvgIpc) is 2.00. The molecule has 0 saturated carbocycles. The van der Waals surface area contributed by atoms with Crippen LogP contribution in [0.25, 0.3) is 0 Å². The Bertz CT molecular complexity index is 162. The minimum Gasteiger partial charge on any atom is -0.291 e. The molecule has 0 spiro atoms. The number of hydrogen-bond donors (Lipinski definition) is 0. The van der Waals surface area contributed by atoms with Gasteiger partial charge in [0.15, 0.2) is 0 Å². The van der Waals surface area contributed by atoms with Crippen molar-refractivity contribution in [2.75, 3.05) is 19.6 Å². The Balaban J connectivity index is 3.76. The zero-order valence-electron chi connectivity index (χ0n) is 9.43. The standard InChI is InChI=1S/C11H22N2/c1-5-8-13(10-7-12)9-6-11(2,3)4/h5-6,8-10H2,1-4H3. The second-order valence-corrected chi connectivity index (χ2v) is 4.74. The van der Waals surface area contributed by atoms with E-state index in [1.807, 2.05) is 0 Å². The molecule has 0 aliphatic carbocycles. The lowest BCUT2D eigenvalue weighted by molar-refractivity contribution is 0.248. The van der Waals surface area contributed by atoms with Gasteiger partial charge >= 0.3 is 0 Å². The van der Waals surface area contributed by atoms with E-state index in [2.05, 4.69) is 38.7 Å². The smallest absolute Gasteiger partial charge is 0.0865 e. The van der Waals surface area contributed by atoms with Gasteiger partial charge in [0.1, 0.15) is 0 Å². The Hall–Kier alpha value is -0.550. The summed E-state index contributed by atoms with van der Waals surface area (Å²) in [6, 6.07) is 2.21. The van der Waals surface area contributed by atoms with Crippen molar-refractivity contribution in [1.82, 2.24) is 4.90 Å². The molecule has 0 aromatic carbocycles. The topological polar surface area (TPSA) is 27.0 Å². The normalized spacial score (nSPS) is 11.7. The van der Waals surface area contributed by atoms with E-state index in [9.17, 15) is 0 Å². The molecule has 0 aliphatic heterocycles. The zero-order valence-corrected chi connectivity index (χ0v) is 9.43. The number of rotatable bonds is 5. The molecule has 0 saturated heterocycles. The first-order chi connectivity index (χ1) is 5.99. The van der Waals surface area contributed by atoms with Crippen LogP contribution in [-0.4, -0.2) is 24.5 Å². The molecule has 0 unspecified atom stereocenters. The lowest BCUT2D eigenvalue weighted by Gasteiger charge is -2.24. The van der Waals surface area contributed by atoms with E-state index < -0.39 is 0 Å². The Kier molecular flexibility index (Phi) is 5.73. The van der Waals surface area contributed by atoms with Crippen LogP contribution in [0.15, 0.2) is 0 Å². The highest BCUT2D eigenvalue weighted by molar-refractivity contribution is 4.77. The van der Waals surface area contributed by atoms with E-state index in [-0.39, 0.29) is 0 Å². The van der Waals surface area contributed by atoms with Gasteiger partial charge in [-0.25, -0.2) is 0 Å². The fraction of sp³-hybridized carbons (Fsp3) is 0.909. The summed E-state index contributed by atoms with van der Waals surface area (Å²) in [5.41, 5.74) is 0.376. The number of nitrogens with zero attached hydrogens (tertiary/aromatic N) is 2. The van der Waals surface area contributed by atoms with Crippen molar-refractivity contribution in [3.63, 3.8) is 0 Å². The lowest BCUT2D eigenvalue weighted by atomic mass is 9.92. The maximum atomic E-state index is 8.60. The van der Waals surface area contributed by atoms with Gasteiger partial charge in [0.25, 0.3) is 0 Å². The van der Waals surface area contributed by atoms with Gasteiger partial charge in [-0.2, -0.15) is 5.26 Å². The van der Waals surface area contributed by atoms with Gasteiger partial charge in [-0.05, 0) is 31.3 Å². The Labute approximate surface area is 82.5 Å². The molecule has 0 fully saturated rings. The molecular formula is C11H22N2. The Morgan fingerprint density at radius 3 is 2.23 bits per heavy atom. The lowest BCUT2D eigenvalue weighted by Crippen LogP contribution is -2.28. The fourth-order valence-corrected chi connectivity index (χ4v) is 1.18. The van der Waals surface area contributed by atoms with E-state index in [1.54, 1.807) is 0 Å². The molecule has 0 N–H and O–H groups in total. The fourth-order valence-electron chi connectivity index (χ4n) is 1.18. The summed E-state index contributed by atoms with van der Waals surface area (Å²) >= 11 is 0. The molecule has 13 heavy (non-hydrogen) atoms. The third kappa shape index (κ3) is 7.80. The van der Waals surface area contributed by atoms with Crippen molar-refractivity contribution in [2.24, 2.45) is 5.41 Å². The Morgan fingerprint density at radius 1 is 1.23 bits per heavy atom. The molecule has 0 atom stereocenters. The first kappa shape index (κ1) is 12.4. The van der Waals surface area contributed by atoms with E-state index >= 15 is 0 Å². The van der Waals surface area contributed by atoms with E-state index in [1.165, 1.54) is 0 Å². The van der Waals surface area contributed by atoms with E-state index in [4.69, 9.17) is 5.26 Å². The summed E-state index contributed by atoms with van der Waals surface area (Å²) in [5.74, 6) is 0. The van der Waals surface area contributed by atoms with Crippen molar-refractivity contribution in [3.05, 3.63) is 0 Å². The minimum atomic E-state index is 0.376. The molecule has 0 rings (SSSR count). The first-order valence-corrected chi connectivity index (χ1v) is 5.09. The summed E-state index contributed by atoms with van der Waals surface area (Å²) in [7, 11) is 0. The second-order valence-electron chi connectivity index (χ2n) is 4.74. The molecule has 0 aromatic heterocycles. The van der Waals surface area contributed by atoms with Gasteiger partial charge in [-0.1, -0.05) is 27.7 Å². The molecule has 0 aromatic rings. The van der Waals surface area contributed by atoms with Crippen molar-refractivity contribution in [1.29, 1.82) is 5.26 Å². The molecule has 0 radical (unpaired) electrons. The molecule has 2 heteroatoms. The van der Waals surface area contributed by atoms with Gasteiger partial charge < -0.3 is 0 Å². The van der Waals surface area contributed by atoms with Crippen LogP contribution >= 0.6 is 0 Å². The number of nitriles is 1. The SMILES string of the molecule is CCCN(CC#N)CCC(C)(C)C. The minimum absolute atomic E-state index is 0.376. The highest BCUT2D eigenvalue weighted by Crippen LogP contribution is 2.18. The maximum Gasteiger partial charge on any atom is 0.0865 e. The van der Waals surface area contributed by atoms with Crippen LogP contribution in [0.2, 0.25) is 0 Å². The molecule has 0 aliphatic rings. The zero-order chi connectivity index (χ0) is 10.3. The molecule has 2 nitrogen and oxygen atoms in total. The highest BCUT2D eigenvalue weighted by Gasteiger charge is 2.12. The highest BCUT2D eigenvalue weighted by atomic mass is 15.1. The third-order valence-corrected chi connectivity index (χ3v) is 2.01. The molecule has 0 heterocycles. The van der Waals surface area contributed by atoms with E-state index in [0.29, 0.717) is 12.0 Å².